The molecule has 0 unspecified atom stereocenters. The fourth-order valence-corrected chi connectivity index (χ4v) is 2.11. The van der Waals surface area contributed by atoms with Crippen molar-refractivity contribution < 1.29 is 9.32 Å². The number of Topliss-reactive ketones (excluding diaryl/α,β-unsaturated/α-hetero) is 1. The number of hydrogen-bond acceptors (Lipinski definition) is 5. The first-order valence-electron chi connectivity index (χ1n) is 5.66. The predicted molar refractivity (Wildman–Crippen MR) is 57.8 cm³/mol. The molecule has 1 aliphatic rings. The molecule has 0 bridgehead atoms. The van der Waals surface area contributed by atoms with Gasteiger partial charge in [0.1, 0.15) is 5.78 Å². The number of rotatable bonds is 3. The van der Waals surface area contributed by atoms with Gasteiger partial charge in [-0.05, 0) is 26.8 Å². The smallest absolute Gasteiger partial charge is 0.240 e. The lowest BCUT2D eigenvalue weighted by Gasteiger charge is -2.29. The molecule has 0 atom stereocenters. The zero-order valence-corrected chi connectivity index (χ0v) is 9.77. The van der Waals surface area contributed by atoms with Crippen molar-refractivity contribution in [2.45, 2.75) is 45.2 Å². The van der Waals surface area contributed by atoms with Gasteiger partial charge in [-0.3, -0.25) is 9.69 Å². The molecule has 0 aromatic carbocycles. The van der Waals surface area contributed by atoms with Gasteiger partial charge in [-0.15, -0.1) is 0 Å². The highest BCUT2D eigenvalue weighted by atomic mass is 16.5. The van der Waals surface area contributed by atoms with Crippen LogP contribution in [0.3, 0.4) is 0 Å². The molecule has 88 valence electrons. The van der Waals surface area contributed by atoms with Crippen molar-refractivity contribution in [3.63, 3.8) is 0 Å². The van der Waals surface area contributed by atoms with E-state index in [0.29, 0.717) is 42.9 Å². The minimum atomic E-state index is 0.387. The molecule has 1 fully saturated rings. The minimum absolute atomic E-state index is 0.387. The quantitative estimate of drug-likeness (QED) is 0.773. The van der Waals surface area contributed by atoms with Gasteiger partial charge >= 0.3 is 0 Å². The Kier molecular flexibility index (Phi) is 3.33. The van der Waals surface area contributed by atoms with Crippen LogP contribution in [0.2, 0.25) is 0 Å². The summed E-state index contributed by atoms with van der Waals surface area (Å²) in [6.45, 7) is 2.48. The zero-order chi connectivity index (χ0) is 11.5. The molecule has 2 rings (SSSR count). The third-order valence-electron chi connectivity index (χ3n) is 3.09. The topological polar surface area (TPSA) is 59.2 Å². The predicted octanol–water partition coefficient (Wildman–Crippen LogP) is 1.32. The first-order valence-corrected chi connectivity index (χ1v) is 5.66. The highest BCUT2D eigenvalue weighted by Gasteiger charge is 2.23. The fourth-order valence-electron chi connectivity index (χ4n) is 2.11. The Hall–Kier alpha value is -1.23. The van der Waals surface area contributed by atoms with E-state index in [1.165, 1.54) is 0 Å². The van der Waals surface area contributed by atoms with Crippen LogP contribution < -0.4 is 0 Å². The molecule has 0 aliphatic heterocycles. The van der Waals surface area contributed by atoms with E-state index in [1.807, 2.05) is 14.0 Å². The second-order valence-corrected chi connectivity index (χ2v) is 4.42. The van der Waals surface area contributed by atoms with Gasteiger partial charge in [0.15, 0.2) is 5.82 Å². The number of aromatic nitrogens is 2. The molecule has 1 saturated carbocycles. The molecular formula is C11H17N3O2. The molecule has 5 nitrogen and oxygen atoms in total. The van der Waals surface area contributed by atoms with E-state index in [1.54, 1.807) is 0 Å². The summed E-state index contributed by atoms with van der Waals surface area (Å²) in [6, 6.07) is 0.463. The second kappa shape index (κ2) is 4.74. The van der Waals surface area contributed by atoms with Crippen LogP contribution in [0.5, 0.6) is 0 Å². The summed E-state index contributed by atoms with van der Waals surface area (Å²) in [7, 11) is 2.04. The molecule has 1 aromatic rings. The third kappa shape index (κ3) is 2.66. The van der Waals surface area contributed by atoms with Crippen LogP contribution in [0.25, 0.3) is 0 Å². The Morgan fingerprint density at radius 1 is 1.44 bits per heavy atom. The lowest BCUT2D eigenvalue weighted by atomic mass is 9.93. The Labute approximate surface area is 94.8 Å². The van der Waals surface area contributed by atoms with Crippen molar-refractivity contribution in [1.29, 1.82) is 0 Å². The van der Waals surface area contributed by atoms with Crippen LogP contribution >= 0.6 is 0 Å². The monoisotopic (exact) mass is 223 g/mol. The SMILES string of the molecule is Cc1noc(CN(C)C2CCC(=O)CC2)n1. The van der Waals surface area contributed by atoms with Gasteiger partial charge in [0, 0.05) is 18.9 Å². The van der Waals surface area contributed by atoms with Gasteiger partial charge in [-0.2, -0.15) is 4.98 Å². The van der Waals surface area contributed by atoms with Crippen molar-refractivity contribution in [3.8, 4) is 0 Å². The number of nitrogens with zero attached hydrogens (tertiary/aromatic N) is 3. The molecule has 0 radical (unpaired) electrons. The lowest BCUT2D eigenvalue weighted by Crippen LogP contribution is -2.34. The van der Waals surface area contributed by atoms with Crippen LogP contribution in [-0.2, 0) is 11.3 Å². The number of ketones is 1. The van der Waals surface area contributed by atoms with Gasteiger partial charge in [0.2, 0.25) is 5.89 Å². The zero-order valence-electron chi connectivity index (χ0n) is 9.77. The van der Waals surface area contributed by atoms with Crippen molar-refractivity contribution in [2.24, 2.45) is 0 Å². The maximum absolute atomic E-state index is 11.1. The fraction of sp³-hybridized carbons (Fsp3) is 0.727. The van der Waals surface area contributed by atoms with Gasteiger partial charge < -0.3 is 4.52 Å². The van der Waals surface area contributed by atoms with E-state index in [0.717, 1.165) is 12.8 Å². The normalized spacial score (nSPS) is 18.3. The molecule has 16 heavy (non-hydrogen) atoms. The summed E-state index contributed by atoms with van der Waals surface area (Å²) in [5.41, 5.74) is 0. The van der Waals surface area contributed by atoms with Crippen LogP contribution in [0, 0.1) is 6.92 Å². The molecule has 0 N–H and O–H groups in total. The summed E-state index contributed by atoms with van der Waals surface area (Å²) in [5.74, 6) is 1.71. The van der Waals surface area contributed by atoms with Crippen molar-refractivity contribution >= 4 is 5.78 Å². The van der Waals surface area contributed by atoms with E-state index in [-0.39, 0.29) is 0 Å². The van der Waals surface area contributed by atoms with Crippen molar-refractivity contribution in [2.75, 3.05) is 7.05 Å². The molecule has 5 heteroatoms. The Bertz CT molecular complexity index is 365. The standard InChI is InChI=1S/C11H17N3O2/c1-8-12-11(16-13-8)7-14(2)9-3-5-10(15)6-4-9/h9H,3-7H2,1-2H3. The molecule has 0 spiro atoms. The summed E-state index contributed by atoms with van der Waals surface area (Å²) in [5, 5.41) is 3.76. The average molecular weight is 223 g/mol. The van der Waals surface area contributed by atoms with Crippen molar-refractivity contribution in [3.05, 3.63) is 11.7 Å². The Morgan fingerprint density at radius 2 is 2.12 bits per heavy atom. The largest absolute Gasteiger partial charge is 0.338 e. The number of carbonyl (C=O) groups is 1. The average Bonchev–Trinajstić information content (AvgIpc) is 2.65. The summed E-state index contributed by atoms with van der Waals surface area (Å²) >= 11 is 0. The Balaban J connectivity index is 1.88. The van der Waals surface area contributed by atoms with Gasteiger partial charge in [-0.25, -0.2) is 0 Å². The van der Waals surface area contributed by atoms with Crippen LogP contribution in [0.15, 0.2) is 4.52 Å². The molecule has 1 heterocycles. The lowest BCUT2D eigenvalue weighted by molar-refractivity contribution is -0.121. The minimum Gasteiger partial charge on any atom is -0.338 e. The Morgan fingerprint density at radius 3 is 2.69 bits per heavy atom. The van der Waals surface area contributed by atoms with E-state index >= 15 is 0 Å². The molecule has 1 aliphatic carbocycles. The van der Waals surface area contributed by atoms with E-state index in [2.05, 4.69) is 15.0 Å². The third-order valence-corrected chi connectivity index (χ3v) is 3.09. The van der Waals surface area contributed by atoms with Crippen molar-refractivity contribution in [1.82, 2.24) is 15.0 Å². The van der Waals surface area contributed by atoms with Crippen LogP contribution in [0.4, 0.5) is 0 Å². The number of hydrogen-bond donors (Lipinski definition) is 0. The van der Waals surface area contributed by atoms with Gasteiger partial charge in [0.05, 0.1) is 6.54 Å². The molecule has 1 aromatic heterocycles. The van der Waals surface area contributed by atoms with E-state index in [9.17, 15) is 4.79 Å². The molecule has 0 saturated heterocycles. The number of carbonyl (C=O) groups excluding carboxylic acids is 1. The van der Waals surface area contributed by atoms with E-state index < -0.39 is 0 Å². The van der Waals surface area contributed by atoms with Gasteiger partial charge in [-0.1, -0.05) is 5.16 Å². The number of aryl methyl sites for hydroxylation is 1. The second-order valence-electron chi connectivity index (χ2n) is 4.42. The first-order chi connectivity index (χ1) is 7.65. The van der Waals surface area contributed by atoms with E-state index in [4.69, 9.17) is 4.52 Å². The summed E-state index contributed by atoms with van der Waals surface area (Å²) in [4.78, 5) is 17.5. The maximum Gasteiger partial charge on any atom is 0.240 e. The molecular weight excluding hydrogens is 206 g/mol. The maximum atomic E-state index is 11.1. The first kappa shape index (κ1) is 11.3. The molecule has 0 amide bonds. The van der Waals surface area contributed by atoms with Crippen LogP contribution in [0.1, 0.15) is 37.4 Å². The van der Waals surface area contributed by atoms with Crippen LogP contribution in [-0.4, -0.2) is 33.9 Å². The highest BCUT2D eigenvalue weighted by molar-refractivity contribution is 5.79. The highest BCUT2D eigenvalue weighted by Crippen LogP contribution is 2.20. The summed E-state index contributed by atoms with van der Waals surface area (Å²) in [6.07, 6.45) is 3.31. The van der Waals surface area contributed by atoms with Gasteiger partial charge in [0.25, 0.3) is 0 Å². The summed E-state index contributed by atoms with van der Waals surface area (Å²) < 4.78 is 5.08.